The number of likely N-dealkylation sites (tertiary alicyclic amines) is 1. The van der Waals surface area contributed by atoms with E-state index >= 15 is 0 Å². The van der Waals surface area contributed by atoms with Crippen LogP contribution in [0.3, 0.4) is 0 Å². The highest BCUT2D eigenvalue weighted by atomic mass is 32.2. The lowest BCUT2D eigenvalue weighted by molar-refractivity contribution is 0.0925. The highest BCUT2D eigenvalue weighted by Gasteiger charge is 2.28. The topological polar surface area (TPSA) is 20.3 Å². The van der Waals surface area contributed by atoms with E-state index < -0.39 is 0 Å². The molecule has 2 rings (SSSR count). The van der Waals surface area contributed by atoms with Gasteiger partial charge in [0.1, 0.15) is 0 Å². The first kappa shape index (κ1) is 13.2. The lowest BCUT2D eigenvalue weighted by Crippen LogP contribution is -2.21. The predicted molar refractivity (Wildman–Crippen MR) is 77.0 cm³/mol. The molecule has 1 atom stereocenters. The molecule has 1 fully saturated rings. The minimum Gasteiger partial charge on any atom is -0.375 e. The molecule has 96 valence electrons. The molecular weight excluding hydrogens is 242 g/mol. The summed E-state index contributed by atoms with van der Waals surface area (Å²) in [4.78, 5) is 15.7. The van der Waals surface area contributed by atoms with E-state index in [0.717, 1.165) is 30.8 Å². The van der Waals surface area contributed by atoms with Gasteiger partial charge in [0, 0.05) is 35.2 Å². The molecule has 0 aromatic heterocycles. The van der Waals surface area contributed by atoms with E-state index in [-0.39, 0.29) is 11.7 Å². The molecule has 0 saturated carbocycles. The summed E-state index contributed by atoms with van der Waals surface area (Å²) in [6.07, 6.45) is 2.98. The molecule has 1 aromatic carbocycles. The Labute approximate surface area is 113 Å². The van der Waals surface area contributed by atoms with Crippen LogP contribution >= 0.6 is 11.8 Å². The van der Waals surface area contributed by atoms with Crippen molar-refractivity contribution >= 4 is 17.5 Å². The number of rotatable bonds is 4. The molecule has 1 aliphatic rings. The molecule has 1 unspecified atom stereocenters. The highest BCUT2D eigenvalue weighted by molar-refractivity contribution is 7.98. The van der Waals surface area contributed by atoms with Gasteiger partial charge in [-0.05, 0) is 31.7 Å². The molecule has 1 aromatic rings. The number of benzene rings is 1. The molecule has 2 nitrogen and oxygen atoms in total. The number of hydrogen-bond donors (Lipinski definition) is 0. The maximum absolute atomic E-state index is 12.4. The molecular formula is C15H19NOS. The zero-order valence-corrected chi connectivity index (χ0v) is 11.8. The van der Waals surface area contributed by atoms with Crippen LogP contribution in [0.25, 0.3) is 0 Å². The van der Waals surface area contributed by atoms with Crippen molar-refractivity contribution in [2.24, 2.45) is 5.92 Å². The summed E-state index contributed by atoms with van der Waals surface area (Å²) in [5, 5.41) is 0. The first-order chi connectivity index (χ1) is 8.61. The molecule has 1 saturated heterocycles. The Hall–Kier alpha value is -1.22. The van der Waals surface area contributed by atoms with Crippen molar-refractivity contribution in [2.45, 2.75) is 18.2 Å². The smallest absolute Gasteiger partial charge is 0.167 e. The van der Waals surface area contributed by atoms with E-state index in [1.165, 1.54) is 4.90 Å². The van der Waals surface area contributed by atoms with Crippen LogP contribution < -0.4 is 0 Å². The summed E-state index contributed by atoms with van der Waals surface area (Å²) in [5.74, 6) is 0.397. The van der Waals surface area contributed by atoms with Crippen molar-refractivity contribution in [3.8, 4) is 0 Å². The first-order valence-corrected chi connectivity index (χ1v) is 7.43. The standard InChI is InChI=1S/C15H19NOS/c1-11(2)16-9-8-13(10-16)15(17)12-4-6-14(18-3)7-5-12/h4-7,13H,1,8-10H2,2-3H3. The van der Waals surface area contributed by atoms with Crippen LogP contribution in [0.5, 0.6) is 0 Å². The number of Topliss-reactive ketones (excluding diaryl/α,β-unsaturated/α-hetero) is 1. The average molecular weight is 261 g/mol. The van der Waals surface area contributed by atoms with Gasteiger partial charge in [0.05, 0.1) is 0 Å². The van der Waals surface area contributed by atoms with Crippen molar-refractivity contribution < 1.29 is 4.79 Å². The Morgan fingerprint density at radius 2 is 2.06 bits per heavy atom. The van der Waals surface area contributed by atoms with E-state index in [4.69, 9.17) is 0 Å². The summed E-state index contributed by atoms with van der Waals surface area (Å²) in [6, 6.07) is 7.92. The van der Waals surface area contributed by atoms with Crippen LogP contribution in [0, 0.1) is 5.92 Å². The van der Waals surface area contributed by atoms with Crippen LogP contribution in [-0.2, 0) is 0 Å². The second-order valence-electron chi connectivity index (χ2n) is 4.76. The van der Waals surface area contributed by atoms with Gasteiger partial charge in [-0.15, -0.1) is 11.8 Å². The number of carbonyl (C=O) groups excluding carboxylic acids is 1. The van der Waals surface area contributed by atoms with Gasteiger partial charge in [-0.2, -0.15) is 0 Å². The summed E-state index contributed by atoms with van der Waals surface area (Å²) < 4.78 is 0. The third-order valence-corrected chi connectivity index (χ3v) is 4.22. The zero-order chi connectivity index (χ0) is 13.1. The van der Waals surface area contributed by atoms with E-state index in [2.05, 4.69) is 11.5 Å². The fourth-order valence-corrected chi connectivity index (χ4v) is 2.72. The summed E-state index contributed by atoms with van der Waals surface area (Å²) in [7, 11) is 0. The maximum atomic E-state index is 12.4. The Bertz CT molecular complexity index is 452. The molecule has 0 spiro atoms. The average Bonchev–Trinajstić information content (AvgIpc) is 2.88. The zero-order valence-electron chi connectivity index (χ0n) is 11.0. The number of thioether (sulfide) groups is 1. The highest BCUT2D eigenvalue weighted by Crippen LogP contribution is 2.24. The van der Waals surface area contributed by atoms with Crippen molar-refractivity contribution in [2.75, 3.05) is 19.3 Å². The van der Waals surface area contributed by atoms with Gasteiger partial charge in [-0.1, -0.05) is 18.7 Å². The van der Waals surface area contributed by atoms with Crippen molar-refractivity contribution in [3.63, 3.8) is 0 Å². The molecule has 0 radical (unpaired) electrons. The predicted octanol–water partition coefficient (Wildman–Crippen LogP) is 3.45. The number of ketones is 1. The minimum absolute atomic E-state index is 0.127. The first-order valence-electron chi connectivity index (χ1n) is 6.20. The van der Waals surface area contributed by atoms with Gasteiger partial charge < -0.3 is 4.90 Å². The number of carbonyl (C=O) groups is 1. The van der Waals surface area contributed by atoms with Crippen molar-refractivity contribution in [1.29, 1.82) is 0 Å². The second-order valence-corrected chi connectivity index (χ2v) is 5.64. The largest absolute Gasteiger partial charge is 0.375 e. The normalized spacial score (nSPS) is 19.0. The molecule has 0 aliphatic carbocycles. The van der Waals surface area contributed by atoms with Gasteiger partial charge in [0.15, 0.2) is 5.78 Å². The third kappa shape index (κ3) is 2.78. The van der Waals surface area contributed by atoms with Gasteiger partial charge >= 0.3 is 0 Å². The number of nitrogens with zero attached hydrogens (tertiary/aromatic N) is 1. The molecule has 3 heteroatoms. The van der Waals surface area contributed by atoms with Crippen LogP contribution in [0.4, 0.5) is 0 Å². The fraction of sp³-hybridized carbons (Fsp3) is 0.400. The SMILES string of the molecule is C=C(C)N1CCC(C(=O)c2ccc(SC)cc2)C1. The van der Waals surface area contributed by atoms with E-state index in [1.807, 2.05) is 37.4 Å². The summed E-state index contributed by atoms with van der Waals surface area (Å²) in [6.45, 7) is 7.71. The van der Waals surface area contributed by atoms with Crippen LogP contribution in [-0.4, -0.2) is 30.0 Å². The molecule has 0 N–H and O–H groups in total. The Kier molecular flexibility index (Phi) is 4.12. The van der Waals surface area contributed by atoms with Crippen LogP contribution in [0.15, 0.2) is 41.4 Å². The minimum atomic E-state index is 0.127. The lowest BCUT2D eigenvalue weighted by atomic mass is 9.97. The molecule has 0 amide bonds. The van der Waals surface area contributed by atoms with Gasteiger partial charge in [0.2, 0.25) is 0 Å². The third-order valence-electron chi connectivity index (χ3n) is 3.47. The number of hydrogen-bond acceptors (Lipinski definition) is 3. The van der Waals surface area contributed by atoms with Crippen LogP contribution in [0.1, 0.15) is 23.7 Å². The monoisotopic (exact) mass is 261 g/mol. The number of allylic oxidation sites excluding steroid dienone is 1. The Morgan fingerprint density at radius 1 is 1.39 bits per heavy atom. The van der Waals surface area contributed by atoms with E-state index in [0.29, 0.717) is 0 Å². The van der Waals surface area contributed by atoms with Crippen LogP contribution in [0.2, 0.25) is 0 Å². The quantitative estimate of drug-likeness (QED) is 0.611. The van der Waals surface area contributed by atoms with E-state index in [9.17, 15) is 4.79 Å². The lowest BCUT2D eigenvalue weighted by Gasteiger charge is -2.17. The molecule has 1 aliphatic heterocycles. The second kappa shape index (κ2) is 5.61. The van der Waals surface area contributed by atoms with Gasteiger partial charge in [-0.25, -0.2) is 0 Å². The maximum Gasteiger partial charge on any atom is 0.167 e. The van der Waals surface area contributed by atoms with Gasteiger partial charge in [0.25, 0.3) is 0 Å². The molecule has 18 heavy (non-hydrogen) atoms. The van der Waals surface area contributed by atoms with Gasteiger partial charge in [-0.3, -0.25) is 4.79 Å². The van der Waals surface area contributed by atoms with Crippen molar-refractivity contribution in [3.05, 3.63) is 42.1 Å². The van der Waals surface area contributed by atoms with E-state index in [1.54, 1.807) is 11.8 Å². The molecule has 0 bridgehead atoms. The van der Waals surface area contributed by atoms with Crippen molar-refractivity contribution in [1.82, 2.24) is 4.90 Å². The molecule has 1 heterocycles. The fourth-order valence-electron chi connectivity index (χ4n) is 2.31. The Morgan fingerprint density at radius 3 is 2.56 bits per heavy atom. The summed E-state index contributed by atoms with van der Waals surface area (Å²) in [5.41, 5.74) is 1.89. The Balaban J connectivity index is 2.05. The summed E-state index contributed by atoms with van der Waals surface area (Å²) >= 11 is 1.69.